The van der Waals surface area contributed by atoms with Crippen LogP contribution in [0.5, 0.6) is 11.5 Å². The number of hydrogen-bond donors (Lipinski definition) is 2. The minimum atomic E-state index is -0.641. The maximum atomic E-state index is 11.9. The number of nitrogens with one attached hydrogen (secondary N) is 1. The van der Waals surface area contributed by atoms with Crippen molar-refractivity contribution in [1.29, 1.82) is 0 Å². The number of carboxylic acids is 1. The summed E-state index contributed by atoms with van der Waals surface area (Å²) in [6.45, 7) is 2.33. The fourth-order valence-corrected chi connectivity index (χ4v) is 5.74. The molecule has 2 N–H and O–H groups in total. The number of fused-ring (bicyclic) bond motifs is 4. The number of aryl methyl sites for hydroxylation is 1. The Bertz CT molecular complexity index is 1220. The third-order valence-corrected chi connectivity index (χ3v) is 7.98. The van der Waals surface area contributed by atoms with Crippen molar-refractivity contribution in [2.24, 2.45) is 5.41 Å². The summed E-state index contributed by atoms with van der Waals surface area (Å²) in [5, 5.41) is 9.79. The summed E-state index contributed by atoms with van der Waals surface area (Å²) in [5.74, 6) is 1.78. The van der Waals surface area contributed by atoms with Crippen LogP contribution in [0.25, 0.3) is 22.6 Å². The first kappa shape index (κ1) is 20.3. The summed E-state index contributed by atoms with van der Waals surface area (Å²) in [5.41, 5.74) is 3.92. The molecule has 2 bridgehead atoms. The lowest BCUT2D eigenvalue weighted by molar-refractivity contribution is -0.156. The van der Waals surface area contributed by atoms with Gasteiger partial charge in [0.2, 0.25) is 6.79 Å². The van der Waals surface area contributed by atoms with Gasteiger partial charge in [-0.25, -0.2) is 4.98 Å². The molecule has 0 amide bonds. The summed E-state index contributed by atoms with van der Waals surface area (Å²) in [6, 6.07) is 12.0. The van der Waals surface area contributed by atoms with Crippen molar-refractivity contribution in [2.75, 3.05) is 6.79 Å². The van der Waals surface area contributed by atoms with E-state index in [1.54, 1.807) is 0 Å². The number of carboxylic acid groups (broad SMARTS) is 1. The Balaban J connectivity index is 1.46. The van der Waals surface area contributed by atoms with Crippen molar-refractivity contribution in [3.8, 4) is 34.1 Å². The molecule has 2 aromatic heterocycles. The zero-order valence-corrected chi connectivity index (χ0v) is 18.7. The predicted molar refractivity (Wildman–Crippen MR) is 122 cm³/mol. The molecule has 0 radical (unpaired) electrons. The minimum Gasteiger partial charge on any atom is -0.481 e. The first-order chi connectivity index (χ1) is 16.0. The summed E-state index contributed by atoms with van der Waals surface area (Å²) >= 11 is 0. The summed E-state index contributed by atoms with van der Waals surface area (Å²) < 4.78 is 11.1. The van der Waals surface area contributed by atoms with E-state index in [-0.39, 0.29) is 12.2 Å². The van der Waals surface area contributed by atoms with E-state index in [1.165, 1.54) is 0 Å². The second kappa shape index (κ2) is 7.33. The molecular weight excluding hydrogens is 418 g/mol. The number of carbonyl (C=O) groups is 1. The molecule has 7 nitrogen and oxygen atoms in total. The van der Waals surface area contributed by atoms with Gasteiger partial charge in [0, 0.05) is 16.7 Å². The summed E-state index contributed by atoms with van der Waals surface area (Å²) in [6.07, 6.45) is 5.51. The number of aromatic amines is 1. The van der Waals surface area contributed by atoms with Crippen LogP contribution in [-0.2, 0) is 16.6 Å². The van der Waals surface area contributed by atoms with Crippen molar-refractivity contribution in [1.82, 2.24) is 15.0 Å². The molecule has 170 valence electrons. The average molecular weight is 446 g/mol. The summed E-state index contributed by atoms with van der Waals surface area (Å²) in [4.78, 5) is 25.6. The van der Waals surface area contributed by atoms with Crippen molar-refractivity contribution >= 4 is 5.97 Å². The SMILES string of the molecule is CCc1cccc(-c2nc(C34CCC(C(=O)O)(CC3)CC4)[nH]c2-c2ccc3c(c2)OCO3)n1. The number of hydrogen-bond acceptors (Lipinski definition) is 5. The molecule has 7 rings (SSSR count). The number of nitrogens with zero attached hydrogens (tertiary/aromatic N) is 2. The topological polar surface area (TPSA) is 97.3 Å². The van der Waals surface area contributed by atoms with Crippen LogP contribution in [-0.4, -0.2) is 32.8 Å². The molecule has 4 aliphatic rings. The van der Waals surface area contributed by atoms with E-state index in [4.69, 9.17) is 19.4 Å². The number of pyridine rings is 1. The Morgan fingerprint density at radius 2 is 1.79 bits per heavy atom. The first-order valence-corrected chi connectivity index (χ1v) is 11.7. The highest BCUT2D eigenvalue weighted by Gasteiger charge is 2.54. The van der Waals surface area contributed by atoms with E-state index in [2.05, 4.69) is 11.9 Å². The molecular formula is C26H27N3O4. The standard InChI is InChI=1S/C26H27N3O4/c1-2-17-4-3-5-18(27-17)22-21(16-6-7-19-20(14-16)33-15-32-19)28-23(29-22)25-8-11-26(12-9-25,13-10-25)24(30)31/h3-7,14H,2,8-13,15H2,1H3,(H,28,29)(H,30,31). The van der Waals surface area contributed by atoms with E-state index in [9.17, 15) is 9.90 Å². The van der Waals surface area contributed by atoms with Crippen LogP contribution in [0.2, 0.25) is 0 Å². The number of benzene rings is 1. The molecule has 0 saturated heterocycles. The third kappa shape index (κ3) is 3.13. The lowest BCUT2D eigenvalue weighted by atomic mass is 9.53. The molecule has 1 aromatic carbocycles. The fourth-order valence-electron chi connectivity index (χ4n) is 5.74. The number of aromatic nitrogens is 3. The molecule has 0 unspecified atom stereocenters. The molecule has 0 spiro atoms. The van der Waals surface area contributed by atoms with Crippen molar-refractivity contribution < 1.29 is 19.4 Å². The second-order valence-electron chi connectivity index (χ2n) is 9.61. The highest BCUT2D eigenvalue weighted by Crippen LogP contribution is 2.57. The van der Waals surface area contributed by atoms with Gasteiger partial charge in [0.1, 0.15) is 11.5 Å². The van der Waals surface area contributed by atoms with E-state index in [1.807, 2.05) is 36.4 Å². The summed E-state index contributed by atoms with van der Waals surface area (Å²) in [7, 11) is 0. The monoisotopic (exact) mass is 445 g/mol. The third-order valence-electron chi connectivity index (χ3n) is 7.98. The van der Waals surface area contributed by atoms with Crippen molar-refractivity contribution in [2.45, 2.75) is 57.3 Å². The van der Waals surface area contributed by atoms with E-state index >= 15 is 0 Å². The van der Waals surface area contributed by atoms with E-state index < -0.39 is 11.4 Å². The Morgan fingerprint density at radius 1 is 1.03 bits per heavy atom. The largest absolute Gasteiger partial charge is 0.481 e. The number of rotatable bonds is 5. The van der Waals surface area contributed by atoms with Crippen LogP contribution < -0.4 is 9.47 Å². The van der Waals surface area contributed by atoms with Crippen LogP contribution >= 0.6 is 0 Å². The van der Waals surface area contributed by atoms with Gasteiger partial charge in [0.15, 0.2) is 11.5 Å². The minimum absolute atomic E-state index is 0.108. The van der Waals surface area contributed by atoms with Gasteiger partial charge in [-0.3, -0.25) is 9.78 Å². The van der Waals surface area contributed by atoms with Crippen LogP contribution in [0, 0.1) is 5.41 Å². The van der Waals surface area contributed by atoms with Gasteiger partial charge in [0.05, 0.1) is 16.8 Å². The van der Waals surface area contributed by atoms with Crippen LogP contribution in [0.3, 0.4) is 0 Å². The quantitative estimate of drug-likeness (QED) is 0.567. The van der Waals surface area contributed by atoms with Gasteiger partial charge < -0.3 is 19.6 Å². The number of H-pyrrole nitrogens is 1. The molecule has 3 saturated carbocycles. The van der Waals surface area contributed by atoms with Crippen molar-refractivity contribution in [3.63, 3.8) is 0 Å². The van der Waals surface area contributed by atoms with Gasteiger partial charge in [-0.05, 0) is 75.3 Å². The fraction of sp³-hybridized carbons (Fsp3) is 0.423. The van der Waals surface area contributed by atoms with E-state index in [0.29, 0.717) is 19.3 Å². The van der Waals surface area contributed by atoms with Crippen LogP contribution in [0.1, 0.15) is 57.0 Å². The van der Waals surface area contributed by atoms with Gasteiger partial charge in [-0.15, -0.1) is 0 Å². The lowest BCUT2D eigenvalue weighted by Gasteiger charge is -2.50. The number of ether oxygens (including phenoxy) is 2. The van der Waals surface area contributed by atoms with Gasteiger partial charge in [-0.2, -0.15) is 0 Å². The lowest BCUT2D eigenvalue weighted by Crippen LogP contribution is -2.48. The molecule has 33 heavy (non-hydrogen) atoms. The Kier molecular flexibility index (Phi) is 4.50. The Labute approximate surface area is 192 Å². The molecule has 7 heteroatoms. The van der Waals surface area contributed by atoms with Gasteiger partial charge in [0.25, 0.3) is 0 Å². The highest BCUT2D eigenvalue weighted by atomic mass is 16.7. The molecule has 1 aliphatic heterocycles. The molecule has 3 fully saturated rings. The highest BCUT2D eigenvalue weighted by molar-refractivity contribution is 5.79. The molecule has 3 aliphatic carbocycles. The second-order valence-corrected chi connectivity index (χ2v) is 9.61. The first-order valence-electron chi connectivity index (χ1n) is 11.7. The Morgan fingerprint density at radius 3 is 2.52 bits per heavy atom. The predicted octanol–water partition coefficient (Wildman–Crippen LogP) is 5.11. The normalized spacial score (nSPS) is 25.4. The molecule has 0 atom stereocenters. The van der Waals surface area contributed by atoms with Crippen LogP contribution in [0.15, 0.2) is 36.4 Å². The van der Waals surface area contributed by atoms with Crippen LogP contribution in [0.4, 0.5) is 0 Å². The molecule has 3 heterocycles. The molecule has 3 aromatic rings. The van der Waals surface area contributed by atoms with Crippen molar-refractivity contribution in [3.05, 3.63) is 47.9 Å². The number of aliphatic carboxylic acids is 1. The van der Waals surface area contributed by atoms with Gasteiger partial charge in [-0.1, -0.05) is 13.0 Å². The maximum Gasteiger partial charge on any atom is 0.309 e. The average Bonchev–Trinajstić information content (AvgIpc) is 3.52. The smallest absolute Gasteiger partial charge is 0.309 e. The Hall–Kier alpha value is -3.35. The van der Waals surface area contributed by atoms with E-state index in [0.717, 1.165) is 71.3 Å². The van der Waals surface area contributed by atoms with Gasteiger partial charge >= 0.3 is 5.97 Å². The zero-order chi connectivity index (χ0) is 22.6. The maximum absolute atomic E-state index is 11.9. The number of imidazole rings is 1. The zero-order valence-electron chi connectivity index (χ0n) is 18.7.